The van der Waals surface area contributed by atoms with E-state index in [4.69, 9.17) is 5.73 Å². The lowest BCUT2D eigenvalue weighted by atomic mass is 9.71. The van der Waals surface area contributed by atoms with E-state index in [2.05, 4.69) is 5.32 Å². The van der Waals surface area contributed by atoms with Gasteiger partial charge < -0.3 is 16.0 Å². The van der Waals surface area contributed by atoms with E-state index in [1.807, 2.05) is 35.2 Å². The van der Waals surface area contributed by atoms with Crippen molar-refractivity contribution in [2.24, 2.45) is 17.1 Å². The van der Waals surface area contributed by atoms with Crippen LogP contribution in [0.3, 0.4) is 0 Å². The van der Waals surface area contributed by atoms with Crippen molar-refractivity contribution in [3.8, 4) is 0 Å². The molecule has 0 bridgehead atoms. The molecule has 2 aliphatic rings. The van der Waals surface area contributed by atoms with E-state index >= 15 is 0 Å². The molecular weight excluding hydrogens is 374 g/mol. The summed E-state index contributed by atoms with van der Waals surface area (Å²) in [4.78, 5) is 27.2. The summed E-state index contributed by atoms with van der Waals surface area (Å²) in [7, 11) is 0. The first-order chi connectivity index (χ1) is 13.1. The van der Waals surface area contributed by atoms with Gasteiger partial charge in [0.25, 0.3) is 0 Å². The number of amides is 2. The zero-order chi connectivity index (χ0) is 19.1. The molecule has 0 radical (unpaired) electrons. The number of hydrogen-bond donors (Lipinski definition) is 2. The zero-order valence-electron chi connectivity index (χ0n) is 16.7. The van der Waals surface area contributed by atoms with Crippen molar-refractivity contribution < 1.29 is 9.59 Å². The van der Waals surface area contributed by atoms with Gasteiger partial charge in [0, 0.05) is 32.0 Å². The van der Waals surface area contributed by atoms with Gasteiger partial charge in [-0.25, -0.2) is 0 Å². The lowest BCUT2D eigenvalue weighted by Crippen LogP contribution is -2.45. The summed E-state index contributed by atoms with van der Waals surface area (Å²) in [5.41, 5.74) is 7.16. The molecule has 5 nitrogen and oxygen atoms in total. The fourth-order valence-electron chi connectivity index (χ4n) is 4.51. The summed E-state index contributed by atoms with van der Waals surface area (Å²) in [5, 5.41) is 3.03. The number of carbonyl (C=O) groups is 2. The van der Waals surface area contributed by atoms with Crippen LogP contribution >= 0.6 is 12.4 Å². The van der Waals surface area contributed by atoms with Crippen molar-refractivity contribution in [2.45, 2.75) is 57.9 Å². The van der Waals surface area contributed by atoms with Crippen molar-refractivity contribution in [1.82, 2.24) is 10.2 Å². The Morgan fingerprint density at radius 3 is 2.32 bits per heavy atom. The summed E-state index contributed by atoms with van der Waals surface area (Å²) >= 11 is 0. The van der Waals surface area contributed by atoms with Gasteiger partial charge in [-0.1, -0.05) is 49.6 Å². The Balaban J connectivity index is 0.00000280. The fourth-order valence-corrected chi connectivity index (χ4v) is 4.51. The number of benzene rings is 1. The number of piperidine rings is 1. The number of nitrogens with zero attached hydrogens (tertiary/aromatic N) is 1. The lowest BCUT2D eigenvalue weighted by molar-refractivity contribution is -0.138. The highest BCUT2D eigenvalue weighted by molar-refractivity contribution is 5.85. The number of hydrogen-bond acceptors (Lipinski definition) is 3. The standard InChI is InChI=1S/C22H33N3O2.ClH/c23-17-22(11-5-2-6-12-22)15-20(26)25-13-9-19(10-14-25)21(27)24-16-18-7-3-1-4-8-18;/h1,3-4,7-8,19H,2,5-6,9-17,23H2,(H,24,27);1H. The van der Waals surface area contributed by atoms with Crippen LogP contribution in [0, 0.1) is 11.3 Å². The monoisotopic (exact) mass is 407 g/mol. The van der Waals surface area contributed by atoms with E-state index < -0.39 is 0 Å². The van der Waals surface area contributed by atoms with Crippen LogP contribution in [-0.4, -0.2) is 36.3 Å². The number of likely N-dealkylation sites (tertiary alicyclic amines) is 1. The van der Waals surface area contributed by atoms with Gasteiger partial charge in [-0.2, -0.15) is 0 Å². The first kappa shape index (κ1) is 22.7. The molecule has 1 aliphatic heterocycles. The molecule has 1 heterocycles. The van der Waals surface area contributed by atoms with Crippen molar-refractivity contribution in [3.63, 3.8) is 0 Å². The molecule has 1 aromatic rings. The van der Waals surface area contributed by atoms with Gasteiger partial charge >= 0.3 is 0 Å². The average Bonchev–Trinajstić information content (AvgIpc) is 2.73. The number of carbonyl (C=O) groups excluding carboxylic acids is 2. The SMILES string of the molecule is Cl.NCC1(CC(=O)N2CCC(C(=O)NCc3ccccc3)CC2)CCCCC1. The first-order valence-corrected chi connectivity index (χ1v) is 10.4. The molecule has 0 unspecified atom stereocenters. The Morgan fingerprint density at radius 1 is 1.07 bits per heavy atom. The quantitative estimate of drug-likeness (QED) is 0.759. The number of halogens is 1. The van der Waals surface area contributed by atoms with E-state index in [-0.39, 0.29) is 35.6 Å². The van der Waals surface area contributed by atoms with Gasteiger partial charge in [-0.05, 0) is 43.2 Å². The number of rotatable bonds is 6. The molecule has 1 saturated carbocycles. The highest BCUT2D eigenvalue weighted by atomic mass is 35.5. The van der Waals surface area contributed by atoms with E-state index in [0.717, 1.165) is 31.2 Å². The lowest BCUT2D eigenvalue weighted by Gasteiger charge is -2.38. The van der Waals surface area contributed by atoms with Gasteiger partial charge in [0.05, 0.1) is 0 Å². The molecule has 1 aromatic carbocycles. The third kappa shape index (κ3) is 5.95. The molecular formula is C22H34ClN3O2. The van der Waals surface area contributed by atoms with Crippen LogP contribution in [0.25, 0.3) is 0 Å². The summed E-state index contributed by atoms with van der Waals surface area (Å²) in [6.07, 6.45) is 7.88. The molecule has 3 rings (SSSR count). The topological polar surface area (TPSA) is 75.4 Å². The molecule has 3 N–H and O–H groups in total. The third-order valence-electron chi connectivity index (χ3n) is 6.40. The van der Waals surface area contributed by atoms with Crippen molar-refractivity contribution >= 4 is 24.2 Å². The maximum absolute atomic E-state index is 12.8. The van der Waals surface area contributed by atoms with Crippen LogP contribution in [0.5, 0.6) is 0 Å². The molecule has 28 heavy (non-hydrogen) atoms. The minimum atomic E-state index is 0. The maximum Gasteiger partial charge on any atom is 0.223 e. The Hall–Kier alpha value is -1.59. The minimum Gasteiger partial charge on any atom is -0.352 e. The molecule has 2 fully saturated rings. The molecule has 2 amide bonds. The van der Waals surface area contributed by atoms with Gasteiger partial charge in [0.1, 0.15) is 0 Å². The second-order valence-electron chi connectivity index (χ2n) is 8.30. The number of nitrogens with one attached hydrogen (secondary N) is 1. The molecule has 1 saturated heterocycles. The zero-order valence-corrected chi connectivity index (χ0v) is 17.5. The Kier molecular flexibility index (Phi) is 8.77. The highest BCUT2D eigenvalue weighted by Gasteiger charge is 2.35. The second kappa shape index (κ2) is 10.8. The first-order valence-electron chi connectivity index (χ1n) is 10.4. The normalized spacial score (nSPS) is 19.5. The number of nitrogens with two attached hydrogens (primary N) is 1. The molecule has 0 atom stereocenters. The van der Waals surface area contributed by atoms with Crippen LogP contribution in [0.15, 0.2) is 30.3 Å². The Labute approximate surface area is 174 Å². The van der Waals surface area contributed by atoms with Crippen molar-refractivity contribution in [3.05, 3.63) is 35.9 Å². The van der Waals surface area contributed by atoms with E-state index in [0.29, 0.717) is 32.6 Å². The van der Waals surface area contributed by atoms with Crippen molar-refractivity contribution in [1.29, 1.82) is 0 Å². The van der Waals surface area contributed by atoms with E-state index in [1.165, 1.54) is 19.3 Å². The van der Waals surface area contributed by atoms with Crippen LogP contribution in [0.4, 0.5) is 0 Å². The van der Waals surface area contributed by atoms with Crippen LogP contribution in [-0.2, 0) is 16.1 Å². The third-order valence-corrected chi connectivity index (χ3v) is 6.40. The predicted molar refractivity (Wildman–Crippen MR) is 114 cm³/mol. The van der Waals surface area contributed by atoms with Gasteiger partial charge in [0.2, 0.25) is 11.8 Å². The summed E-state index contributed by atoms with van der Waals surface area (Å²) in [5.74, 6) is 0.345. The van der Waals surface area contributed by atoms with E-state index in [1.54, 1.807) is 0 Å². The van der Waals surface area contributed by atoms with Gasteiger partial charge in [-0.3, -0.25) is 9.59 Å². The fraction of sp³-hybridized carbons (Fsp3) is 0.636. The van der Waals surface area contributed by atoms with Crippen LogP contribution in [0.1, 0.15) is 56.9 Å². The van der Waals surface area contributed by atoms with Crippen LogP contribution < -0.4 is 11.1 Å². The Bertz CT molecular complexity index is 624. The minimum absolute atomic E-state index is 0. The second-order valence-corrected chi connectivity index (χ2v) is 8.30. The average molecular weight is 408 g/mol. The smallest absolute Gasteiger partial charge is 0.223 e. The Morgan fingerprint density at radius 2 is 1.71 bits per heavy atom. The summed E-state index contributed by atoms with van der Waals surface area (Å²) < 4.78 is 0. The van der Waals surface area contributed by atoms with Crippen LogP contribution in [0.2, 0.25) is 0 Å². The highest BCUT2D eigenvalue weighted by Crippen LogP contribution is 2.39. The maximum atomic E-state index is 12.8. The molecule has 1 aliphatic carbocycles. The predicted octanol–water partition coefficient (Wildman–Crippen LogP) is 3.26. The summed E-state index contributed by atoms with van der Waals surface area (Å²) in [6, 6.07) is 9.96. The van der Waals surface area contributed by atoms with Crippen molar-refractivity contribution in [2.75, 3.05) is 19.6 Å². The van der Waals surface area contributed by atoms with E-state index in [9.17, 15) is 9.59 Å². The molecule has 0 spiro atoms. The van der Waals surface area contributed by atoms with Gasteiger partial charge in [0.15, 0.2) is 0 Å². The summed E-state index contributed by atoms with van der Waals surface area (Å²) in [6.45, 7) is 2.54. The molecule has 0 aromatic heterocycles. The molecule has 156 valence electrons. The van der Waals surface area contributed by atoms with Gasteiger partial charge in [-0.15, -0.1) is 12.4 Å². The largest absolute Gasteiger partial charge is 0.352 e. The molecule has 6 heteroatoms.